The molecule has 0 aromatic heterocycles. The number of nitrogens with one attached hydrogen (secondary N) is 2. The average molecular weight is 342 g/mol. The molecule has 0 unspecified atom stereocenters. The molecular weight excluding hydrogens is 324 g/mol. The summed E-state index contributed by atoms with van der Waals surface area (Å²) >= 11 is 0. The van der Waals surface area contributed by atoms with Gasteiger partial charge in [0, 0.05) is 17.3 Å². The Morgan fingerprint density at radius 1 is 1.12 bits per heavy atom. The van der Waals surface area contributed by atoms with Gasteiger partial charge in [-0.2, -0.15) is 0 Å². The molecule has 1 saturated heterocycles. The summed E-state index contributed by atoms with van der Waals surface area (Å²) in [6.45, 7) is -0.0426. The van der Waals surface area contributed by atoms with E-state index < -0.39 is 17.9 Å². The Morgan fingerprint density at radius 2 is 1.80 bits per heavy atom. The number of hydrogen-bond acceptors (Lipinski definition) is 4. The number of allylic oxidation sites excluding steroid dienone is 1. The van der Waals surface area contributed by atoms with Crippen LogP contribution >= 0.6 is 0 Å². The van der Waals surface area contributed by atoms with Gasteiger partial charge < -0.3 is 11.1 Å². The summed E-state index contributed by atoms with van der Waals surface area (Å²) in [6.07, 6.45) is 4.86. The topological polar surface area (TPSA) is 122 Å². The van der Waals surface area contributed by atoms with Crippen molar-refractivity contribution in [2.75, 3.05) is 11.4 Å². The molecule has 0 bridgehead atoms. The Kier molecular flexibility index (Phi) is 4.51. The predicted molar refractivity (Wildman–Crippen MR) is 89.6 cm³/mol. The second-order valence-corrected chi connectivity index (χ2v) is 6.02. The molecule has 8 heteroatoms. The van der Waals surface area contributed by atoms with Crippen molar-refractivity contribution >= 4 is 29.4 Å². The van der Waals surface area contributed by atoms with E-state index in [9.17, 15) is 19.2 Å². The summed E-state index contributed by atoms with van der Waals surface area (Å²) in [4.78, 5) is 48.1. The third kappa shape index (κ3) is 3.52. The van der Waals surface area contributed by atoms with Gasteiger partial charge in [-0.15, -0.1) is 0 Å². The number of primary amides is 1. The molecule has 3 rings (SSSR count). The number of anilines is 1. The van der Waals surface area contributed by atoms with Crippen LogP contribution in [0.3, 0.4) is 0 Å². The van der Waals surface area contributed by atoms with E-state index in [2.05, 4.69) is 10.6 Å². The lowest BCUT2D eigenvalue weighted by molar-refractivity contribution is -0.122. The molecule has 8 nitrogen and oxygen atoms in total. The largest absolute Gasteiger partial charge is 0.369 e. The highest BCUT2D eigenvalue weighted by Gasteiger charge is 2.29. The Bertz CT molecular complexity index is 756. The van der Waals surface area contributed by atoms with E-state index in [1.165, 1.54) is 4.90 Å². The summed E-state index contributed by atoms with van der Waals surface area (Å²) in [5, 5.41) is 5.02. The van der Waals surface area contributed by atoms with Gasteiger partial charge in [-0.05, 0) is 37.1 Å². The number of carbonyl (C=O) groups is 4. The van der Waals surface area contributed by atoms with Crippen LogP contribution in [-0.2, 0) is 9.59 Å². The second kappa shape index (κ2) is 6.76. The molecule has 2 atom stereocenters. The van der Waals surface area contributed by atoms with Gasteiger partial charge in [-0.25, -0.2) is 4.79 Å². The molecule has 5 amide bonds. The van der Waals surface area contributed by atoms with Crippen molar-refractivity contribution < 1.29 is 19.2 Å². The second-order valence-electron chi connectivity index (χ2n) is 6.02. The molecule has 0 radical (unpaired) electrons. The van der Waals surface area contributed by atoms with Gasteiger partial charge in [0.1, 0.15) is 6.54 Å². The molecule has 4 N–H and O–H groups in total. The summed E-state index contributed by atoms with van der Waals surface area (Å²) < 4.78 is 0. The normalized spacial score (nSPS) is 22.6. The molecule has 1 aromatic rings. The summed E-state index contributed by atoms with van der Waals surface area (Å²) in [7, 11) is 0. The van der Waals surface area contributed by atoms with Crippen molar-refractivity contribution in [2.45, 2.75) is 18.9 Å². The maximum absolute atomic E-state index is 12.4. The molecule has 1 fully saturated rings. The van der Waals surface area contributed by atoms with Gasteiger partial charge in [0.05, 0.1) is 5.92 Å². The van der Waals surface area contributed by atoms with Crippen LogP contribution in [0.25, 0.3) is 0 Å². The monoisotopic (exact) mass is 342 g/mol. The lowest BCUT2D eigenvalue weighted by Crippen LogP contribution is -2.46. The number of nitrogens with zero attached hydrogens (tertiary/aromatic N) is 1. The number of hydrogen-bond donors (Lipinski definition) is 3. The van der Waals surface area contributed by atoms with E-state index in [1.54, 1.807) is 24.3 Å². The fraction of sp³-hybridized carbons (Fsp3) is 0.294. The summed E-state index contributed by atoms with van der Waals surface area (Å²) in [5.41, 5.74) is 6.31. The van der Waals surface area contributed by atoms with Crippen LogP contribution in [0.5, 0.6) is 0 Å². The minimum Gasteiger partial charge on any atom is -0.369 e. The quantitative estimate of drug-likeness (QED) is 0.538. The van der Waals surface area contributed by atoms with E-state index in [0.29, 0.717) is 24.1 Å². The number of rotatable bonds is 4. The van der Waals surface area contributed by atoms with Crippen molar-refractivity contribution in [3.05, 3.63) is 42.0 Å². The fourth-order valence-electron chi connectivity index (χ4n) is 2.98. The first kappa shape index (κ1) is 16.7. The molecule has 1 aromatic carbocycles. The molecule has 1 aliphatic heterocycles. The first-order valence-corrected chi connectivity index (χ1v) is 7.92. The van der Waals surface area contributed by atoms with E-state index in [-0.39, 0.29) is 24.4 Å². The van der Waals surface area contributed by atoms with Crippen LogP contribution in [0.1, 0.15) is 23.2 Å². The van der Waals surface area contributed by atoms with Gasteiger partial charge in [0.2, 0.25) is 11.8 Å². The zero-order chi connectivity index (χ0) is 18.0. The molecule has 0 saturated carbocycles. The molecule has 1 aliphatic carbocycles. The van der Waals surface area contributed by atoms with E-state index >= 15 is 0 Å². The minimum atomic E-state index is -0.486. The smallest absolute Gasteiger partial charge is 0.329 e. The molecule has 2 aliphatic rings. The zero-order valence-corrected chi connectivity index (χ0v) is 13.4. The van der Waals surface area contributed by atoms with Crippen molar-refractivity contribution in [3.8, 4) is 0 Å². The average Bonchev–Trinajstić information content (AvgIpc) is 2.93. The summed E-state index contributed by atoms with van der Waals surface area (Å²) in [5.74, 6) is -1.54. The molecular formula is C17H18N4O4. The highest BCUT2D eigenvalue weighted by atomic mass is 16.2. The Labute approximate surface area is 144 Å². The van der Waals surface area contributed by atoms with Crippen molar-refractivity contribution in [3.63, 3.8) is 0 Å². The van der Waals surface area contributed by atoms with Crippen molar-refractivity contribution in [2.24, 2.45) is 11.7 Å². The Morgan fingerprint density at radius 3 is 2.40 bits per heavy atom. The lowest BCUT2D eigenvalue weighted by atomic mass is 9.88. The first-order chi connectivity index (χ1) is 12.0. The Hall–Kier alpha value is -3.16. The van der Waals surface area contributed by atoms with E-state index in [0.717, 1.165) is 0 Å². The minimum absolute atomic E-state index is 0.0426. The number of imide groups is 1. The van der Waals surface area contributed by atoms with E-state index in [4.69, 9.17) is 5.73 Å². The van der Waals surface area contributed by atoms with Gasteiger partial charge in [-0.1, -0.05) is 12.2 Å². The third-order valence-corrected chi connectivity index (χ3v) is 4.35. The zero-order valence-electron chi connectivity index (χ0n) is 13.4. The molecule has 130 valence electrons. The van der Waals surface area contributed by atoms with Crippen LogP contribution < -0.4 is 21.3 Å². The highest BCUT2D eigenvalue weighted by Crippen LogP contribution is 2.21. The van der Waals surface area contributed by atoms with Crippen LogP contribution in [0.4, 0.5) is 10.5 Å². The number of benzene rings is 1. The maximum Gasteiger partial charge on any atom is 0.329 e. The molecule has 0 spiro atoms. The van der Waals surface area contributed by atoms with Gasteiger partial charge in [-0.3, -0.25) is 24.6 Å². The van der Waals surface area contributed by atoms with Crippen molar-refractivity contribution in [1.29, 1.82) is 0 Å². The maximum atomic E-state index is 12.4. The number of urea groups is 1. The van der Waals surface area contributed by atoms with Gasteiger partial charge in [0.15, 0.2) is 0 Å². The third-order valence-electron chi connectivity index (χ3n) is 4.35. The SMILES string of the molecule is NC(=O)[C@@H]1CC=CC[C@H]1NC(=O)c1ccc(N2CC(=O)NC2=O)cc1. The lowest BCUT2D eigenvalue weighted by Gasteiger charge is -2.27. The first-order valence-electron chi connectivity index (χ1n) is 7.92. The summed E-state index contributed by atoms with van der Waals surface area (Å²) in [6, 6.07) is 5.51. The Balaban J connectivity index is 1.68. The number of carbonyl (C=O) groups excluding carboxylic acids is 4. The highest BCUT2D eigenvalue weighted by molar-refractivity contribution is 6.12. The van der Waals surface area contributed by atoms with Crippen LogP contribution in [0.15, 0.2) is 36.4 Å². The van der Waals surface area contributed by atoms with Crippen LogP contribution in [0, 0.1) is 5.92 Å². The van der Waals surface area contributed by atoms with Crippen molar-refractivity contribution in [1.82, 2.24) is 10.6 Å². The molecule has 25 heavy (non-hydrogen) atoms. The van der Waals surface area contributed by atoms with Gasteiger partial charge in [0.25, 0.3) is 5.91 Å². The standard InChI is InChI=1S/C17H18N4O4/c18-15(23)12-3-1-2-4-13(12)19-16(24)10-5-7-11(8-6-10)21-9-14(22)20-17(21)25/h1-2,5-8,12-13H,3-4,9H2,(H2,18,23)(H,19,24)(H,20,22,25)/t12-,13-/m1/s1. The fourth-order valence-corrected chi connectivity index (χ4v) is 2.98. The van der Waals surface area contributed by atoms with E-state index in [1.807, 2.05) is 12.2 Å². The molecule has 1 heterocycles. The van der Waals surface area contributed by atoms with Crippen LogP contribution in [-0.4, -0.2) is 36.3 Å². The van der Waals surface area contributed by atoms with Crippen LogP contribution in [0.2, 0.25) is 0 Å². The number of amides is 5. The number of nitrogens with two attached hydrogens (primary N) is 1. The van der Waals surface area contributed by atoms with Gasteiger partial charge >= 0.3 is 6.03 Å². The predicted octanol–water partition coefficient (Wildman–Crippen LogP) is 0.293.